The number of thioether (sulfide) groups is 1. The van der Waals surface area contributed by atoms with Gasteiger partial charge in [0.1, 0.15) is 11.4 Å². The highest BCUT2D eigenvalue weighted by Crippen LogP contribution is 2.12. The average Bonchev–Trinajstić information content (AvgIpc) is 2.92. The molecule has 5 nitrogen and oxygen atoms in total. The van der Waals surface area contributed by atoms with Gasteiger partial charge in [-0.05, 0) is 18.2 Å². The maximum absolute atomic E-state index is 13.2. The highest BCUT2D eigenvalue weighted by atomic mass is 32.2. The zero-order chi connectivity index (χ0) is 14.1. The third-order valence-corrected chi connectivity index (χ3v) is 3.78. The van der Waals surface area contributed by atoms with Crippen LogP contribution in [0.25, 0.3) is 10.9 Å². The van der Waals surface area contributed by atoms with Crippen molar-refractivity contribution in [3.63, 3.8) is 0 Å². The third kappa shape index (κ3) is 2.32. The Balaban J connectivity index is 2.01. The lowest BCUT2D eigenvalue weighted by atomic mass is 10.1. The summed E-state index contributed by atoms with van der Waals surface area (Å²) in [6, 6.07) is 3.83. The number of amides is 1. The van der Waals surface area contributed by atoms with E-state index >= 15 is 0 Å². The molecule has 1 aliphatic rings. The Hall–Kier alpha value is -2.15. The minimum Gasteiger partial charge on any atom is -0.360 e. The summed E-state index contributed by atoms with van der Waals surface area (Å²) >= 11 is 1.42. The van der Waals surface area contributed by atoms with Crippen LogP contribution in [0.5, 0.6) is 0 Å². The summed E-state index contributed by atoms with van der Waals surface area (Å²) in [6.45, 7) is 0.652. The second kappa shape index (κ2) is 5.09. The zero-order valence-electron chi connectivity index (χ0n) is 10.3. The SMILES string of the molecule is O=C(NC1=NCCS1)c1c[nH]c2ccc(F)cc2c1=O. The van der Waals surface area contributed by atoms with Crippen molar-refractivity contribution in [3.8, 4) is 0 Å². The van der Waals surface area contributed by atoms with Crippen molar-refractivity contribution in [1.29, 1.82) is 0 Å². The van der Waals surface area contributed by atoms with Crippen molar-refractivity contribution in [1.82, 2.24) is 10.3 Å². The van der Waals surface area contributed by atoms with Crippen LogP contribution in [-0.4, -0.2) is 28.4 Å². The van der Waals surface area contributed by atoms with Gasteiger partial charge in [0, 0.05) is 22.9 Å². The molecule has 20 heavy (non-hydrogen) atoms. The molecule has 0 aliphatic carbocycles. The van der Waals surface area contributed by atoms with Gasteiger partial charge in [-0.15, -0.1) is 0 Å². The molecule has 0 atom stereocenters. The number of halogens is 1. The van der Waals surface area contributed by atoms with Crippen molar-refractivity contribution in [2.45, 2.75) is 0 Å². The van der Waals surface area contributed by atoms with E-state index in [1.807, 2.05) is 0 Å². The summed E-state index contributed by atoms with van der Waals surface area (Å²) in [5, 5.41) is 3.24. The number of aromatic nitrogens is 1. The molecule has 0 spiro atoms. The first-order valence-electron chi connectivity index (χ1n) is 5.95. The lowest BCUT2D eigenvalue weighted by Gasteiger charge is -2.05. The van der Waals surface area contributed by atoms with Gasteiger partial charge >= 0.3 is 0 Å². The number of hydrogen-bond donors (Lipinski definition) is 2. The molecule has 0 radical (unpaired) electrons. The Morgan fingerprint density at radius 3 is 3.05 bits per heavy atom. The van der Waals surface area contributed by atoms with Crippen molar-refractivity contribution in [2.75, 3.05) is 12.3 Å². The van der Waals surface area contributed by atoms with Gasteiger partial charge in [0.2, 0.25) is 5.43 Å². The topological polar surface area (TPSA) is 74.3 Å². The van der Waals surface area contributed by atoms with Crippen LogP contribution in [0, 0.1) is 5.82 Å². The normalized spacial score (nSPS) is 14.3. The number of nitrogens with zero attached hydrogens (tertiary/aromatic N) is 1. The summed E-state index contributed by atoms with van der Waals surface area (Å²) in [7, 11) is 0. The first kappa shape index (κ1) is 12.9. The Morgan fingerprint density at radius 1 is 1.45 bits per heavy atom. The molecule has 0 saturated heterocycles. The van der Waals surface area contributed by atoms with E-state index in [0.717, 1.165) is 11.8 Å². The van der Waals surface area contributed by atoms with E-state index in [1.54, 1.807) is 0 Å². The molecule has 1 aliphatic heterocycles. The first-order chi connectivity index (χ1) is 9.65. The van der Waals surface area contributed by atoms with Crippen LogP contribution >= 0.6 is 11.8 Å². The molecule has 7 heteroatoms. The quantitative estimate of drug-likeness (QED) is 0.836. The number of pyridine rings is 1. The van der Waals surface area contributed by atoms with Crippen LogP contribution in [0.15, 0.2) is 34.2 Å². The van der Waals surface area contributed by atoms with Gasteiger partial charge in [0.25, 0.3) is 5.91 Å². The van der Waals surface area contributed by atoms with Crippen LogP contribution in [0.4, 0.5) is 4.39 Å². The monoisotopic (exact) mass is 291 g/mol. The lowest BCUT2D eigenvalue weighted by Crippen LogP contribution is -2.31. The van der Waals surface area contributed by atoms with Gasteiger partial charge in [-0.2, -0.15) is 0 Å². The molecule has 102 valence electrons. The second-order valence-corrected chi connectivity index (χ2v) is 5.29. The van der Waals surface area contributed by atoms with E-state index in [4.69, 9.17) is 0 Å². The van der Waals surface area contributed by atoms with Gasteiger partial charge in [0.05, 0.1) is 6.54 Å². The number of aliphatic imine (C=N–C) groups is 1. The van der Waals surface area contributed by atoms with E-state index in [-0.39, 0.29) is 10.9 Å². The molecule has 3 rings (SSSR count). The zero-order valence-corrected chi connectivity index (χ0v) is 11.1. The Labute approximate surface area is 117 Å². The molecular formula is C13H10FN3O2S. The minimum atomic E-state index is -0.537. The summed E-state index contributed by atoms with van der Waals surface area (Å²) < 4.78 is 13.2. The Kier molecular flexibility index (Phi) is 3.27. The largest absolute Gasteiger partial charge is 0.360 e. The number of carbonyl (C=O) groups is 1. The molecule has 2 N–H and O–H groups in total. The van der Waals surface area contributed by atoms with E-state index in [9.17, 15) is 14.0 Å². The predicted octanol–water partition coefficient (Wildman–Crippen LogP) is 1.50. The Bertz CT molecular complexity index is 785. The smallest absolute Gasteiger partial charge is 0.262 e. The summed E-state index contributed by atoms with van der Waals surface area (Å²) in [4.78, 5) is 31.1. The van der Waals surface area contributed by atoms with Crippen molar-refractivity contribution >= 4 is 33.7 Å². The van der Waals surface area contributed by atoms with Crippen LogP contribution in [-0.2, 0) is 0 Å². The molecule has 0 fully saturated rings. The molecule has 2 heterocycles. The molecule has 1 aromatic carbocycles. The number of rotatable bonds is 1. The fraction of sp³-hybridized carbons (Fsp3) is 0.154. The molecule has 0 saturated carbocycles. The molecule has 0 bridgehead atoms. The molecule has 0 unspecified atom stereocenters. The fourth-order valence-corrected chi connectivity index (χ4v) is 2.66. The van der Waals surface area contributed by atoms with Crippen molar-refractivity contribution < 1.29 is 9.18 Å². The van der Waals surface area contributed by atoms with Gasteiger partial charge in [0.15, 0.2) is 5.17 Å². The van der Waals surface area contributed by atoms with Gasteiger partial charge < -0.3 is 10.3 Å². The molecular weight excluding hydrogens is 281 g/mol. The van der Waals surface area contributed by atoms with Gasteiger partial charge in [-0.3, -0.25) is 14.6 Å². The number of benzene rings is 1. The number of aromatic amines is 1. The molecule has 1 aromatic heterocycles. The van der Waals surface area contributed by atoms with Gasteiger partial charge in [-0.1, -0.05) is 11.8 Å². The molecule has 2 aromatic rings. The van der Waals surface area contributed by atoms with E-state index < -0.39 is 17.2 Å². The van der Waals surface area contributed by atoms with Crippen LogP contribution in [0.3, 0.4) is 0 Å². The fourth-order valence-electron chi connectivity index (χ4n) is 1.93. The standard InChI is InChI=1S/C13H10FN3O2S/c14-7-1-2-10-8(5-7)11(18)9(6-16-10)12(19)17-13-15-3-4-20-13/h1-2,5-6H,3-4H2,(H,16,18)(H,15,17,19). The summed E-state index contributed by atoms with van der Waals surface area (Å²) in [6.07, 6.45) is 1.33. The lowest BCUT2D eigenvalue weighted by molar-refractivity contribution is 0.0977. The summed E-state index contributed by atoms with van der Waals surface area (Å²) in [5.74, 6) is -0.239. The number of fused-ring (bicyclic) bond motifs is 1. The first-order valence-corrected chi connectivity index (χ1v) is 6.93. The number of amidine groups is 1. The predicted molar refractivity (Wildman–Crippen MR) is 76.8 cm³/mol. The average molecular weight is 291 g/mol. The Morgan fingerprint density at radius 2 is 2.30 bits per heavy atom. The second-order valence-electron chi connectivity index (χ2n) is 4.21. The van der Waals surface area contributed by atoms with Crippen molar-refractivity contribution in [2.24, 2.45) is 4.99 Å². The van der Waals surface area contributed by atoms with E-state index in [1.165, 1.54) is 30.1 Å². The van der Waals surface area contributed by atoms with E-state index in [2.05, 4.69) is 15.3 Å². The van der Waals surface area contributed by atoms with Crippen LogP contribution < -0.4 is 10.7 Å². The van der Waals surface area contributed by atoms with Crippen LogP contribution in [0.1, 0.15) is 10.4 Å². The van der Waals surface area contributed by atoms with Crippen molar-refractivity contribution in [3.05, 3.63) is 46.0 Å². The van der Waals surface area contributed by atoms with E-state index in [0.29, 0.717) is 17.2 Å². The number of H-pyrrole nitrogens is 1. The highest BCUT2D eigenvalue weighted by Gasteiger charge is 2.16. The summed E-state index contributed by atoms with van der Waals surface area (Å²) in [5.41, 5.74) is -0.0711. The number of carbonyl (C=O) groups excluding carboxylic acids is 1. The maximum Gasteiger partial charge on any atom is 0.262 e. The van der Waals surface area contributed by atoms with Crippen LogP contribution in [0.2, 0.25) is 0 Å². The van der Waals surface area contributed by atoms with Gasteiger partial charge in [-0.25, -0.2) is 4.39 Å². The number of hydrogen-bond acceptors (Lipinski definition) is 4. The third-order valence-electron chi connectivity index (χ3n) is 2.89. The maximum atomic E-state index is 13.2. The highest BCUT2D eigenvalue weighted by molar-refractivity contribution is 8.14. The number of nitrogens with one attached hydrogen (secondary N) is 2. The molecule has 1 amide bonds. The minimum absolute atomic E-state index is 0.0571.